The van der Waals surface area contributed by atoms with Gasteiger partial charge < -0.3 is 9.30 Å². The predicted octanol–water partition coefficient (Wildman–Crippen LogP) is 2.99. The van der Waals surface area contributed by atoms with Gasteiger partial charge in [0.2, 0.25) is 0 Å². The number of aromatic nitrogens is 1. The highest BCUT2D eigenvalue weighted by Gasteiger charge is 2.31. The summed E-state index contributed by atoms with van der Waals surface area (Å²) in [6.07, 6.45) is -2.83. The highest BCUT2D eigenvalue weighted by Crippen LogP contribution is 2.29. The van der Waals surface area contributed by atoms with Crippen LogP contribution in [0, 0.1) is 0 Å². The number of carbonyl (C=O) groups excluding carboxylic acids is 3. The Bertz CT molecular complexity index is 793. The average Bonchev–Trinajstić information content (AvgIpc) is 2.96. The number of Topliss-reactive ketones (excluding diaryl/α,β-unsaturated/α-hetero) is 1. The number of ketones is 1. The maximum Gasteiger partial charge on any atom is 0.416 e. The van der Waals surface area contributed by atoms with Crippen molar-refractivity contribution in [2.24, 2.45) is 0 Å². The molecule has 2 aromatic rings. The number of nitrogens with zero attached hydrogens (tertiary/aromatic N) is 1. The Hall–Kier alpha value is -2.90. The van der Waals surface area contributed by atoms with Crippen LogP contribution in [0.4, 0.5) is 13.2 Å². The molecule has 0 fully saturated rings. The van der Waals surface area contributed by atoms with Crippen LogP contribution >= 0.6 is 0 Å². The third-order valence-corrected chi connectivity index (χ3v) is 3.27. The van der Waals surface area contributed by atoms with Gasteiger partial charge in [0, 0.05) is 17.3 Å². The molecule has 8 heteroatoms. The maximum atomic E-state index is 12.7. The number of benzene rings is 1. The lowest BCUT2D eigenvalue weighted by atomic mass is 10.1. The zero-order valence-corrected chi connectivity index (χ0v) is 12.5. The van der Waals surface area contributed by atoms with Crippen molar-refractivity contribution in [1.82, 2.24) is 4.57 Å². The molecule has 0 bridgehead atoms. The van der Waals surface area contributed by atoms with Gasteiger partial charge in [-0.15, -0.1) is 0 Å². The van der Waals surface area contributed by atoms with Crippen LogP contribution in [-0.4, -0.2) is 29.7 Å². The number of alkyl halides is 3. The van der Waals surface area contributed by atoms with Crippen molar-refractivity contribution in [2.45, 2.75) is 12.7 Å². The third kappa shape index (κ3) is 3.70. The molecule has 1 heterocycles. The first-order chi connectivity index (χ1) is 11.3. The molecule has 0 unspecified atom stereocenters. The number of esters is 1. The Balaban J connectivity index is 2.32. The van der Waals surface area contributed by atoms with Crippen LogP contribution in [-0.2, 0) is 17.5 Å². The van der Waals surface area contributed by atoms with Crippen LogP contribution in [0.5, 0.6) is 0 Å². The molecular weight excluding hydrogens is 327 g/mol. The second-order valence-electron chi connectivity index (χ2n) is 4.90. The van der Waals surface area contributed by atoms with Crippen LogP contribution in [0.2, 0.25) is 0 Å². The molecule has 0 amide bonds. The Morgan fingerprint density at radius 2 is 1.96 bits per heavy atom. The lowest BCUT2D eigenvalue weighted by Gasteiger charge is -2.10. The van der Waals surface area contributed by atoms with E-state index in [1.54, 1.807) is 0 Å². The summed E-state index contributed by atoms with van der Waals surface area (Å²) >= 11 is 0. The molecule has 1 aromatic carbocycles. The summed E-state index contributed by atoms with van der Waals surface area (Å²) in [5.74, 6) is -1.40. The normalized spacial score (nSPS) is 11.2. The number of ether oxygens (including phenoxy) is 1. The first-order valence-electron chi connectivity index (χ1n) is 6.70. The molecule has 0 aliphatic rings. The highest BCUT2D eigenvalue weighted by atomic mass is 19.4. The van der Waals surface area contributed by atoms with E-state index >= 15 is 0 Å². The minimum absolute atomic E-state index is 0.0417. The van der Waals surface area contributed by atoms with Crippen LogP contribution in [0.25, 0.3) is 0 Å². The van der Waals surface area contributed by atoms with Crippen molar-refractivity contribution < 1.29 is 32.3 Å². The molecule has 0 saturated heterocycles. The standard InChI is InChI=1S/C16H12F3NO4/c1-24-15(23)13-5-10(9-21)7-20(13)8-14(22)11-3-2-4-12(6-11)16(17,18)19/h2-7,9H,8H2,1H3. The Morgan fingerprint density at radius 3 is 2.54 bits per heavy atom. The maximum absolute atomic E-state index is 12.7. The topological polar surface area (TPSA) is 65.4 Å². The van der Waals surface area contributed by atoms with Crippen molar-refractivity contribution in [2.75, 3.05) is 7.11 Å². The quantitative estimate of drug-likeness (QED) is 0.477. The van der Waals surface area contributed by atoms with Gasteiger partial charge >= 0.3 is 12.1 Å². The number of methoxy groups -OCH3 is 1. The van der Waals surface area contributed by atoms with Crippen LogP contribution in [0.1, 0.15) is 36.8 Å². The minimum atomic E-state index is -4.56. The Morgan fingerprint density at radius 1 is 1.25 bits per heavy atom. The summed E-state index contributed by atoms with van der Waals surface area (Å²) in [5.41, 5.74) is -0.989. The van der Waals surface area contributed by atoms with Crippen molar-refractivity contribution in [1.29, 1.82) is 0 Å². The molecule has 0 radical (unpaired) electrons. The molecule has 0 N–H and O–H groups in total. The summed E-state index contributed by atoms with van der Waals surface area (Å²) in [6.45, 7) is -0.403. The summed E-state index contributed by atoms with van der Waals surface area (Å²) in [4.78, 5) is 34.7. The third-order valence-electron chi connectivity index (χ3n) is 3.27. The van der Waals surface area contributed by atoms with E-state index in [9.17, 15) is 27.6 Å². The van der Waals surface area contributed by atoms with Gasteiger partial charge in [0.1, 0.15) is 5.69 Å². The molecule has 0 aliphatic carbocycles. The van der Waals surface area contributed by atoms with Gasteiger partial charge in [-0.05, 0) is 18.2 Å². The van der Waals surface area contributed by atoms with E-state index in [1.165, 1.54) is 18.3 Å². The summed E-state index contributed by atoms with van der Waals surface area (Å²) in [7, 11) is 1.13. The van der Waals surface area contributed by atoms with E-state index in [-0.39, 0.29) is 16.8 Å². The number of rotatable bonds is 5. The molecule has 0 saturated carbocycles. The van der Waals surface area contributed by atoms with Gasteiger partial charge in [-0.2, -0.15) is 13.2 Å². The number of halogens is 3. The zero-order chi connectivity index (χ0) is 17.9. The molecule has 126 valence electrons. The van der Waals surface area contributed by atoms with Crippen molar-refractivity contribution in [3.8, 4) is 0 Å². The van der Waals surface area contributed by atoms with Gasteiger partial charge in [-0.3, -0.25) is 9.59 Å². The van der Waals surface area contributed by atoms with Crippen molar-refractivity contribution in [3.05, 3.63) is 58.9 Å². The van der Waals surface area contributed by atoms with Crippen molar-refractivity contribution in [3.63, 3.8) is 0 Å². The van der Waals surface area contributed by atoms with Gasteiger partial charge in [0.05, 0.1) is 19.2 Å². The monoisotopic (exact) mass is 339 g/mol. The molecule has 24 heavy (non-hydrogen) atoms. The van der Waals surface area contributed by atoms with Gasteiger partial charge in [-0.25, -0.2) is 4.79 Å². The summed E-state index contributed by atoms with van der Waals surface area (Å²) in [5, 5.41) is 0. The predicted molar refractivity (Wildman–Crippen MR) is 76.9 cm³/mol. The van der Waals surface area contributed by atoms with Gasteiger partial charge in [-0.1, -0.05) is 12.1 Å². The fraction of sp³-hybridized carbons (Fsp3) is 0.188. The van der Waals surface area contributed by atoms with E-state index in [1.807, 2.05) is 0 Å². The molecule has 0 atom stereocenters. The minimum Gasteiger partial charge on any atom is -0.464 e. The van der Waals surface area contributed by atoms with Gasteiger partial charge in [0.25, 0.3) is 0 Å². The van der Waals surface area contributed by atoms with Crippen LogP contribution < -0.4 is 0 Å². The largest absolute Gasteiger partial charge is 0.464 e. The zero-order valence-electron chi connectivity index (χ0n) is 12.5. The number of carbonyl (C=O) groups is 3. The van der Waals surface area contributed by atoms with E-state index in [0.717, 1.165) is 29.9 Å². The lowest BCUT2D eigenvalue weighted by Crippen LogP contribution is -2.16. The fourth-order valence-corrected chi connectivity index (χ4v) is 2.12. The number of aldehydes is 1. The molecule has 5 nitrogen and oxygen atoms in total. The molecule has 0 aliphatic heterocycles. The molecule has 1 aromatic heterocycles. The van der Waals surface area contributed by atoms with E-state index in [4.69, 9.17) is 0 Å². The van der Waals surface area contributed by atoms with E-state index in [2.05, 4.69) is 4.74 Å². The molecular formula is C16H12F3NO4. The molecule has 0 spiro atoms. The second kappa shape index (κ2) is 6.69. The smallest absolute Gasteiger partial charge is 0.416 e. The first-order valence-corrected chi connectivity index (χ1v) is 6.70. The summed E-state index contributed by atoms with van der Waals surface area (Å²) in [6, 6.07) is 5.21. The Labute approximate surface area is 134 Å². The van der Waals surface area contributed by atoms with Gasteiger partial charge in [0.15, 0.2) is 12.1 Å². The van der Waals surface area contributed by atoms with E-state index in [0.29, 0.717) is 6.29 Å². The average molecular weight is 339 g/mol. The van der Waals surface area contributed by atoms with Crippen molar-refractivity contribution >= 4 is 18.0 Å². The second-order valence-corrected chi connectivity index (χ2v) is 4.90. The number of hydrogen-bond acceptors (Lipinski definition) is 4. The Kier molecular flexibility index (Phi) is 4.87. The van der Waals surface area contributed by atoms with E-state index < -0.39 is 30.0 Å². The molecule has 2 rings (SSSR count). The first kappa shape index (κ1) is 17.5. The lowest BCUT2D eigenvalue weighted by molar-refractivity contribution is -0.137. The highest BCUT2D eigenvalue weighted by molar-refractivity contribution is 5.97. The van der Waals surface area contributed by atoms with Crippen LogP contribution in [0.15, 0.2) is 36.5 Å². The van der Waals surface area contributed by atoms with Crippen LogP contribution in [0.3, 0.4) is 0 Å². The number of hydrogen-bond donors (Lipinski definition) is 0. The fourth-order valence-electron chi connectivity index (χ4n) is 2.12. The summed E-state index contributed by atoms with van der Waals surface area (Å²) < 4.78 is 43.8. The SMILES string of the molecule is COC(=O)c1cc(C=O)cn1CC(=O)c1cccc(C(F)(F)F)c1.